The number of anilines is 1. The first-order valence-corrected chi connectivity index (χ1v) is 6.02. The molecule has 0 saturated heterocycles. The van der Waals surface area contributed by atoms with Gasteiger partial charge in [0, 0.05) is 13.7 Å². The van der Waals surface area contributed by atoms with Gasteiger partial charge in [0.05, 0.1) is 18.7 Å². The molecule has 0 bridgehead atoms. The van der Waals surface area contributed by atoms with E-state index in [1.54, 1.807) is 6.07 Å². The summed E-state index contributed by atoms with van der Waals surface area (Å²) in [6.07, 6.45) is 0.886. The molecule has 1 aromatic rings. The van der Waals surface area contributed by atoms with Gasteiger partial charge in [-0.25, -0.2) is 4.39 Å². The standard InChI is InChI=1S/C13H17FN2O2.ClH/c1-18-7-5-12(17)16-11-3-2-9-8-15-6-4-10(9)13(11)14;/h2-3,15H,4-8H2,1H3,(H,16,17);1H. The Morgan fingerprint density at radius 1 is 1.53 bits per heavy atom. The van der Waals surface area contributed by atoms with Crippen LogP contribution in [0.5, 0.6) is 0 Å². The highest BCUT2D eigenvalue weighted by atomic mass is 35.5. The average Bonchev–Trinajstić information content (AvgIpc) is 2.40. The average molecular weight is 289 g/mol. The topological polar surface area (TPSA) is 50.4 Å². The van der Waals surface area contributed by atoms with Crippen molar-refractivity contribution in [2.45, 2.75) is 19.4 Å². The van der Waals surface area contributed by atoms with E-state index in [-0.39, 0.29) is 36.2 Å². The number of ether oxygens (including phenoxy) is 1. The van der Waals surface area contributed by atoms with E-state index in [0.29, 0.717) is 25.1 Å². The molecule has 1 amide bonds. The lowest BCUT2D eigenvalue weighted by Crippen LogP contribution is -2.25. The normalized spacial score (nSPS) is 13.4. The Balaban J connectivity index is 0.00000180. The lowest BCUT2D eigenvalue weighted by atomic mass is 9.99. The number of hydrogen-bond donors (Lipinski definition) is 2. The minimum absolute atomic E-state index is 0. The van der Waals surface area contributed by atoms with Gasteiger partial charge in [-0.1, -0.05) is 6.07 Å². The smallest absolute Gasteiger partial charge is 0.226 e. The Bertz CT molecular complexity index is 455. The number of methoxy groups -OCH3 is 1. The number of benzene rings is 1. The van der Waals surface area contributed by atoms with E-state index in [1.165, 1.54) is 7.11 Å². The van der Waals surface area contributed by atoms with Crippen molar-refractivity contribution in [2.24, 2.45) is 0 Å². The summed E-state index contributed by atoms with van der Waals surface area (Å²) < 4.78 is 19.0. The summed E-state index contributed by atoms with van der Waals surface area (Å²) in [7, 11) is 1.53. The molecule has 1 aliphatic heterocycles. The summed E-state index contributed by atoms with van der Waals surface area (Å²) in [4.78, 5) is 11.5. The molecule has 0 spiro atoms. The quantitative estimate of drug-likeness (QED) is 0.889. The fourth-order valence-electron chi connectivity index (χ4n) is 2.04. The molecule has 0 aromatic heterocycles. The zero-order valence-electron chi connectivity index (χ0n) is 10.8. The highest BCUT2D eigenvalue weighted by molar-refractivity contribution is 5.91. The van der Waals surface area contributed by atoms with Crippen molar-refractivity contribution >= 4 is 24.0 Å². The van der Waals surface area contributed by atoms with E-state index in [0.717, 1.165) is 12.1 Å². The third kappa shape index (κ3) is 3.89. The molecule has 4 nitrogen and oxygen atoms in total. The van der Waals surface area contributed by atoms with Crippen LogP contribution in [0, 0.1) is 5.82 Å². The second-order valence-electron chi connectivity index (χ2n) is 4.28. The van der Waals surface area contributed by atoms with Crippen LogP contribution in [0.3, 0.4) is 0 Å². The molecule has 2 N–H and O–H groups in total. The molecule has 0 radical (unpaired) electrons. The van der Waals surface area contributed by atoms with Gasteiger partial charge in [0.25, 0.3) is 0 Å². The van der Waals surface area contributed by atoms with Gasteiger partial charge in [0.15, 0.2) is 0 Å². The van der Waals surface area contributed by atoms with Crippen molar-refractivity contribution in [1.29, 1.82) is 0 Å². The number of rotatable bonds is 4. The van der Waals surface area contributed by atoms with E-state index in [9.17, 15) is 9.18 Å². The molecule has 1 heterocycles. The SMILES string of the molecule is COCCC(=O)Nc1ccc2c(c1F)CCNC2.Cl. The second kappa shape index (κ2) is 7.43. The number of carbonyl (C=O) groups excluding carboxylic acids is 1. The number of amides is 1. The first-order valence-electron chi connectivity index (χ1n) is 6.02. The van der Waals surface area contributed by atoms with Crippen molar-refractivity contribution in [2.75, 3.05) is 25.6 Å². The summed E-state index contributed by atoms with van der Waals surface area (Å²) in [5.41, 5.74) is 1.93. The largest absolute Gasteiger partial charge is 0.384 e. The number of nitrogens with one attached hydrogen (secondary N) is 2. The van der Waals surface area contributed by atoms with Crippen molar-refractivity contribution in [3.05, 3.63) is 29.1 Å². The maximum absolute atomic E-state index is 14.2. The Morgan fingerprint density at radius 3 is 3.05 bits per heavy atom. The highest BCUT2D eigenvalue weighted by Gasteiger charge is 2.17. The van der Waals surface area contributed by atoms with Gasteiger partial charge in [0.2, 0.25) is 5.91 Å². The summed E-state index contributed by atoms with van der Waals surface area (Å²) in [5, 5.41) is 5.77. The molecule has 0 fully saturated rings. The van der Waals surface area contributed by atoms with E-state index in [2.05, 4.69) is 10.6 Å². The molecule has 6 heteroatoms. The van der Waals surface area contributed by atoms with Gasteiger partial charge in [0.1, 0.15) is 5.82 Å². The van der Waals surface area contributed by atoms with Crippen molar-refractivity contribution < 1.29 is 13.9 Å². The van der Waals surface area contributed by atoms with Crippen LogP contribution in [0.25, 0.3) is 0 Å². The monoisotopic (exact) mass is 288 g/mol. The van der Waals surface area contributed by atoms with Gasteiger partial charge in [-0.15, -0.1) is 12.4 Å². The predicted octanol–water partition coefficient (Wildman–Crippen LogP) is 1.87. The first-order chi connectivity index (χ1) is 8.72. The number of carbonyl (C=O) groups is 1. The molecular weight excluding hydrogens is 271 g/mol. The Kier molecular flexibility index (Phi) is 6.21. The molecule has 0 unspecified atom stereocenters. The van der Waals surface area contributed by atoms with Crippen LogP contribution in [0.2, 0.25) is 0 Å². The fourth-order valence-corrected chi connectivity index (χ4v) is 2.04. The highest BCUT2D eigenvalue weighted by Crippen LogP contribution is 2.24. The van der Waals surface area contributed by atoms with Crippen LogP contribution >= 0.6 is 12.4 Å². The third-order valence-corrected chi connectivity index (χ3v) is 3.01. The van der Waals surface area contributed by atoms with Crippen LogP contribution < -0.4 is 10.6 Å². The van der Waals surface area contributed by atoms with Crippen LogP contribution in [-0.4, -0.2) is 26.2 Å². The maximum Gasteiger partial charge on any atom is 0.226 e. The second-order valence-corrected chi connectivity index (χ2v) is 4.28. The molecule has 1 aliphatic rings. The summed E-state index contributed by atoms with van der Waals surface area (Å²) in [6, 6.07) is 3.47. The molecule has 1 aromatic carbocycles. The van der Waals surface area contributed by atoms with Gasteiger partial charge in [-0.2, -0.15) is 0 Å². The molecule has 0 aliphatic carbocycles. The summed E-state index contributed by atoms with van der Waals surface area (Å²) >= 11 is 0. The number of fused-ring (bicyclic) bond motifs is 1. The van der Waals surface area contributed by atoms with Crippen LogP contribution in [-0.2, 0) is 22.5 Å². The zero-order chi connectivity index (χ0) is 13.0. The minimum atomic E-state index is -0.306. The third-order valence-electron chi connectivity index (χ3n) is 3.01. The molecular formula is C13H18ClFN2O2. The minimum Gasteiger partial charge on any atom is -0.384 e. The summed E-state index contributed by atoms with van der Waals surface area (Å²) in [6.45, 7) is 1.79. The van der Waals surface area contributed by atoms with Gasteiger partial charge in [-0.05, 0) is 30.2 Å². The lowest BCUT2D eigenvalue weighted by molar-refractivity contribution is -0.117. The number of halogens is 2. The van der Waals surface area contributed by atoms with E-state index < -0.39 is 0 Å². The molecule has 0 atom stereocenters. The Labute approximate surface area is 118 Å². The lowest BCUT2D eigenvalue weighted by Gasteiger charge is -2.19. The first kappa shape index (κ1) is 15.9. The zero-order valence-corrected chi connectivity index (χ0v) is 11.6. The van der Waals surface area contributed by atoms with Crippen LogP contribution in [0.15, 0.2) is 12.1 Å². The van der Waals surface area contributed by atoms with E-state index in [4.69, 9.17) is 4.74 Å². The number of hydrogen-bond acceptors (Lipinski definition) is 3. The Hall–Kier alpha value is -1.17. The van der Waals surface area contributed by atoms with E-state index >= 15 is 0 Å². The predicted molar refractivity (Wildman–Crippen MR) is 74.2 cm³/mol. The molecule has 0 saturated carbocycles. The maximum atomic E-state index is 14.2. The summed E-state index contributed by atoms with van der Waals surface area (Å²) in [5.74, 6) is -0.538. The van der Waals surface area contributed by atoms with Crippen molar-refractivity contribution in [3.8, 4) is 0 Å². The van der Waals surface area contributed by atoms with Crippen LogP contribution in [0.4, 0.5) is 10.1 Å². The van der Waals surface area contributed by atoms with Crippen molar-refractivity contribution in [1.82, 2.24) is 5.32 Å². The van der Waals surface area contributed by atoms with Crippen molar-refractivity contribution in [3.63, 3.8) is 0 Å². The molecule has 2 rings (SSSR count). The van der Waals surface area contributed by atoms with Crippen LogP contribution in [0.1, 0.15) is 17.5 Å². The Morgan fingerprint density at radius 2 is 2.32 bits per heavy atom. The van der Waals surface area contributed by atoms with Gasteiger partial charge in [-0.3, -0.25) is 4.79 Å². The molecule has 19 heavy (non-hydrogen) atoms. The van der Waals surface area contributed by atoms with E-state index in [1.807, 2.05) is 6.07 Å². The van der Waals surface area contributed by atoms with Gasteiger partial charge < -0.3 is 15.4 Å². The van der Waals surface area contributed by atoms with Gasteiger partial charge >= 0.3 is 0 Å². The fraction of sp³-hybridized carbons (Fsp3) is 0.462. The molecule has 106 valence electrons.